The van der Waals surface area contributed by atoms with Gasteiger partial charge in [0.25, 0.3) is 0 Å². The van der Waals surface area contributed by atoms with Gasteiger partial charge in [-0.05, 0) is 30.2 Å². The van der Waals surface area contributed by atoms with Gasteiger partial charge in [0.1, 0.15) is 0 Å². The van der Waals surface area contributed by atoms with Crippen LogP contribution < -0.4 is 5.32 Å². The van der Waals surface area contributed by atoms with Gasteiger partial charge >= 0.3 is 5.97 Å². The number of carbonyl (C=O) groups is 1. The summed E-state index contributed by atoms with van der Waals surface area (Å²) in [5.74, 6) is -0.959. The molecule has 2 aromatic carbocycles. The zero-order valence-corrected chi connectivity index (χ0v) is 11.0. The Hall–Kier alpha value is -2.00. The number of halogens is 1. The molecule has 2 aromatic rings. The number of carboxylic acids is 1. The van der Waals surface area contributed by atoms with Crippen molar-refractivity contribution in [1.82, 2.24) is 0 Å². The van der Waals surface area contributed by atoms with Crippen LogP contribution in [0.4, 0.5) is 5.69 Å². The molecule has 2 N–H and O–H groups in total. The molecule has 0 aliphatic rings. The van der Waals surface area contributed by atoms with Crippen molar-refractivity contribution in [2.75, 3.05) is 11.9 Å². The molecule has 0 spiro atoms. The molecule has 4 heteroatoms. The summed E-state index contributed by atoms with van der Waals surface area (Å²) >= 11 is 5.88. The number of hydrogen-bond donors (Lipinski definition) is 2. The Balaban J connectivity index is 2.03. The highest BCUT2D eigenvalue weighted by Gasteiger charge is 2.09. The lowest BCUT2D eigenvalue weighted by molar-refractivity contribution is 0.0698. The molecule has 98 valence electrons. The van der Waals surface area contributed by atoms with Gasteiger partial charge in [0.05, 0.1) is 11.3 Å². The zero-order valence-electron chi connectivity index (χ0n) is 10.3. The summed E-state index contributed by atoms with van der Waals surface area (Å²) < 4.78 is 0. The fourth-order valence-corrected chi connectivity index (χ4v) is 2.01. The average Bonchev–Trinajstić information content (AvgIpc) is 2.39. The van der Waals surface area contributed by atoms with E-state index in [0.717, 1.165) is 6.42 Å². The van der Waals surface area contributed by atoms with Gasteiger partial charge < -0.3 is 10.4 Å². The van der Waals surface area contributed by atoms with Gasteiger partial charge in [-0.1, -0.05) is 41.9 Å². The maximum Gasteiger partial charge on any atom is 0.337 e. The van der Waals surface area contributed by atoms with Crippen molar-refractivity contribution in [1.29, 1.82) is 0 Å². The number of aromatic carboxylic acids is 1. The van der Waals surface area contributed by atoms with Gasteiger partial charge in [-0.2, -0.15) is 0 Å². The molecule has 0 amide bonds. The van der Waals surface area contributed by atoms with Crippen LogP contribution in [0.5, 0.6) is 0 Å². The van der Waals surface area contributed by atoms with E-state index in [4.69, 9.17) is 16.7 Å². The summed E-state index contributed by atoms with van der Waals surface area (Å²) in [7, 11) is 0. The Morgan fingerprint density at radius 3 is 2.58 bits per heavy atom. The van der Waals surface area contributed by atoms with E-state index in [2.05, 4.69) is 5.32 Å². The van der Waals surface area contributed by atoms with E-state index in [0.29, 0.717) is 17.3 Å². The normalized spacial score (nSPS) is 10.2. The number of benzene rings is 2. The molecule has 0 radical (unpaired) electrons. The van der Waals surface area contributed by atoms with Crippen LogP contribution in [0.2, 0.25) is 5.02 Å². The summed E-state index contributed by atoms with van der Waals surface area (Å²) in [5.41, 5.74) is 1.99. The molecule has 0 aliphatic carbocycles. The number of carboxylic acid groups (broad SMARTS) is 1. The van der Waals surface area contributed by atoms with Crippen molar-refractivity contribution >= 4 is 23.3 Å². The Bertz CT molecular complexity index is 570. The second-order valence-electron chi connectivity index (χ2n) is 4.16. The van der Waals surface area contributed by atoms with E-state index in [1.54, 1.807) is 12.1 Å². The molecule has 0 bridgehead atoms. The third-order valence-corrected chi connectivity index (χ3v) is 3.02. The van der Waals surface area contributed by atoms with Crippen molar-refractivity contribution in [3.63, 3.8) is 0 Å². The first-order chi connectivity index (χ1) is 9.16. The lowest BCUT2D eigenvalue weighted by Crippen LogP contribution is -2.09. The minimum Gasteiger partial charge on any atom is -0.478 e. The van der Waals surface area contributed by atoms with Gasteiger partial charge in [0, 0.05) is 11.6 Å². The number of anilines is 1. The van der Waals surface area contributed by atoms with Gasteiger partial charge in [-0.3, -0.25) is 0 Å². The Morgan fingerprint density at radius 1 is 1.16 bits per heavy atom. The summed E-state index contributed by atoms with van der Waals surface area (Å²) in [6, 6.07) is 14.7. The number of hydrogen-bond acceptors (Lipinski definition) is 2. The van der Waals surface area contributed by atoms with Crippen LogP contribution >= 0.6 is 11.6 Å². The topological polar surface area (TPSA) is 49.3 Å². The molecular weight excluding hydrogens is 262 g/mol. The lowest BCUT2D eigenvalue weighted by atomic mass is 10.1. The third-order valence-electron chi connectivity index (χ3n) is 2.78. The maximum atomic E-state index is 11.1. The van der Waals surface area contributed by atoms with Crippen LogP contribution in [-0.2, 0) is 6.42 Å². The van der Waals surface area contributed by atoms with E-state index < -0.39 is 5.97 Å². The highest BCUT2D eigenvalue weighted by Crippen LogP contribution is 2.21. The second-order valence-corrected chi connectivity index (χ2v) is 4.59. The molecule has 0 saturated heterocycles. The highest BCUT2D eigenvalue weighted by atomic mass is 35.5. The molecule has 0 aliphatic heterocycles. The minimum absolute atomic E-state index is 0.234. The van der Waals surface area contributed by atoms with Crippen LogP contribution in [0.3, 0.4) is 0 Å². The predicted octanol–water partition coefficient (Wildman–Crippen LogP) is 3.69. The van der Waals surface area contributed by atoms with E-state index >= 15 is 0 Å². The van der Waals surface area contributed by atoms with Crippen LogP contribution in [-0.4, -0.2) is 17.6 Å². The second kappa shape index (κ2) is 6.25. The Morgan fingerprint density at radius 2 is 1.89 bits per heavy atom. The van der Waals surface area contributed by atoms with Gasteiger partial charge in [0.15, 0.2) is 0 Å². The van der Waals surface area contributed by atoms with Crippen LogP contribution in [0.15, 0.2) is 48.5 Å². The molecule has 0 heterocycles. The first-order valence-electron chi connectivity index (χ1n) is 5.97. The van der Waals surface area contributed by atoms with Crippen LogP contribution in [0, 0.1) is 0 Å². The summed E-state index contributed by atoms with van der Waals surface area (Å²) in [5, 5.41) is 12.7. The number of nitrogens with one attached hydrogen (secondary N) is 1. The van der Waals surface area contributed by atoms with E-state index in [-0.39, 0.29) is 5.56 Å². The first kappa shape index (κ1) is 13.4. The third kappa shape index (κ3) is 3.73. The van der Waals surface area contributed by atoms with Crippen molar-refractivity contribution in [3.8, 4) is 0 Å². The highest BCUT2D eigenvalue weighted by molar-refractivity contribution is 6.31. The fourth-order valence-electron chi connectivity index (χ4n) is 1.84. The first-order valence-corrected chi connectivity index (χ1v) is 6.35. The van der Waals surface area contributed by atoms with Gasteiger partial charge in [-0.25, -0.2) is 4.79 Å². The molecular formula is C15H14ClNO2. The molecule has 0 unspecified atom stereocenters. The molecule has 0 aromatic heterocycles. The van der Waals surface area contributed by atoms with E-state index in [9.17, 15) is 4.79 Å². The van der Waals surface area contributed by atoms with Crippen LogP contribution in [0.1, 0.15) is 15.9 Å². The largest absolute Gasteiger partial charge is 0.478 e. The fraction of sp³-hybridized carbons (Fsp3) is 0.133. The van der Waals surface area contributed by atoms with Crippen molar-refractivity contribution in [2.45, 2.75) is 6.42 Å². The quantitative estimate of drug-likeness (QED) is 0.875. The molecule has 19 heavy (non-hydrogen) atoms. The van der Waals surface area contributed by atoms with Gasteiger partial charge in [-0.15, -0.1) is 0 Å². The Labute approximate surface area is 116 Å². The van der Waals surface area contributed by atoms with Crippen molar-refractivity contribution in [3.05, 3.63) is 64.7 Å². The number of rotatable bonds is 5. The van der Waals surface area contributed by atoms with Crippen molar-refractivity contribution < 1.29 is 9.90 Å². The molecule has 0 fully saturated rings. The SMILES string of the molecule is O=C(O)c1ccc(Cl)cc1NCCc1ccccc1. The minimum atomic E-state index is -0.959. The smallest absolute Gasteiger partial charge is 0.337 e. The molecule has 2 rings (SSSR count). The summed E-state index contributed by atoms with van der Waals surface area (Å²) in [6.07, 6.45) is 0.826. The zero-order chi connectivity index (χ0) is 13.7. The monoisotopic (exact) mass is 275 g/mol. The maximum absolute atomic E-state index is 11.1. The van der Waals surface area contributed by atoms with Gasteiger partial charge in [0.2, 0.25) is 0 Å². The summed E-state index contributed by atoms with van der Waals surface area (Å²) in [6.45, 7) is 0.657. The molecule has 0 saturated carbocycles. The molecule has 3 nitrogen and oxygen atoms in total. The van der Waals surface area contributed by atoms with Crippen LogP contribution in [0.25, 0.3) is 0 Å². The van der Waals surface area contributed by atoms with E-state index in [1.807, 2.05) is 30.3 Å². The predicted molar refractivity (Wildman–Crippen MR) is 77.0 cm³/mol. The lowest BCUT2D eigenvalue weighted by Gasteiger charge is -2.10. The average molecular weight is 276 g/mol. The summed E-state index contributed by atoms with van der Waals surface area (Å²) in [4.78, 5) is 11.1. The Kier molecular flexibility index (Phi) is 4.42. The van der Waals surface area contributed by atoms with E-state index in [1.165, 1.54) is 11.6 Å². The van der Waals surface area contributed by atoms with Crippen molar-refractivity contribution in [2.24, 2.45) is 0 Å². The standard InChI is InChI=1S/C15H14ClNO2/c16-12-6-7-13(15(18)19)14(10-12)17-9-8-11-4-2-1-3-5-11/h1-7,10,17H,8-9H2,(H,18,19). The molecule has 0 atom stereocenters.